The molecule has 5 heteroatoms. The quantitative estimate of drug-likeness (QED) is 0.254. The standard InChI is InChI=1S/C34H37N3O2/c1-20-16-21(2)30(22(3)17-20)34(39-38)31-24(5)37-29(33(31)26-14-10-7-11-15-26)18-28-32(25-12-8-6-9-13-25)27(19-35)23(4)36-28/h6-15,18,20-22,30,34,36,38H,16-17H2,1-5H3. The highest BCUT2D eigenvalue weighted by atomic mass is 17.1. The molecule has 0 saturated heterocycles. The predicted molar refractivity (Wildman–Crippen MR) is 158 cm³/mol. The van der Waals surface area contributed by atoms with Crippen LogP contribution in [0, 0.1) is 41.9 Å². The number of hydrogen-bond donors (Lipinski definition) is 2. The fourth-order valence-electron chi connectivity index (χ4n) is 7.07. The maximum absolute atomic E-state index is 10.4. The van der Waals surface area contributed by atoms with Crippen LogP contribution < -0.4 is 0 Å². The van der Waals surface area contributed by atoms with Crippen molar-refractivity contribution in [3.63, 3.8) is 0 Å². The highest BCUT2D eigenvalue weighted by molar-refractivity contribution is 6.15. The van der Waals surface area contributed by atoms with Crippen LogP contribution in [0.1, 0.15) is 63.1 Å². The van der Waals surface area contributed by atoms with Crippen LogP contribution in [0.5, 0.6) is 0 Å². The van der Waals surface area contributed by atoms with Gasteiger partial charge in [-0.1, -0.05) is 81.4 Å². The maximum atomic E-state index is 10.4. The minimum Gasteiger partial charge on any atom is -0.357 e. The highest BCUT2D eigenvalue weighted by Crippen LogP contribution is 2.46. The number of nitrogens with zero attached hydrogens (tertiary/aromatic N) is 2. The number of benzene rings is 2. The first-order valence-electron chi connectivity index (χ1n) is 13.9. The average molecular weight is 520 g/mol. The summed E-state index contributed by atoms with van der Waals surface area (Å²) in [6, 6.07) is 22.6. The number of hydrogen-bond acceptors (Lipinski definition) is 4. The maximum Gasteiger partial charge on any atom is 0.123 e. The molecule has 1 aromatic heterocycles. The summed E-state index contributed by atoms with van der Waals surface area (Å²) in [5.74, 6) is 1.63. The van der Waals surface area contributed by atoms with E-state index in [2.05, 4.69) is 44.0 Å². The van der Waals surface area contributed by atoms with Crippen molar-refractivity contribution in [1.82, 2.24) is 4.98 Å². The summed E-state index contributed by atoms with van der Waals surface area (Å²) in [5, 5.41) is 20.4. The van der Waals surface area contributed by atoms with Crippen LogP contribution in [-0.4, -0.2) is 22.1 Å². The van der Waals surface area contributed by atoms with Crippen LogP contribution >= 0.6 is 0 Å². The van der Waals surface area contributed by atoms with Gasteiger partial charge in [0.15, 0.2) is 0 Å². The lowest BCUT2D eigenvalue weighted by molar-refractivity contribution is -0.287. The fraction of sp³-hybridized carbons (Fsp3) is 0.353. The van der Waals surface area contributed by atoms with Gasteiger partial charge in [0.05, 0.1) is 11.3 Å². The largest absolute Gasteiger partial charge is 0.357 e. The number of nitrogens with one attached hydrogen (secondary N) is 1. The molecule has 1 aliphatic carbocycles. The van der Waals surface area contributed by atoms with Crippen molar-refractivity contribution in [1.29, 1.82) is 5.26 Å². The summed E-state index contributed by atoms with van der Waals surface area (Å²) in [4.78, 5) is 13.9. The van der Waals surface area contributed by atoms with Crippen molar-refractivity contribution in [2.75, 3.05) is 0 Å². The summed E-state index contributed by atoms with van der Waals surface area (Å²) in [6.07, 6.45) is 3.78. The Hall–Kier alpha value is -3.72. The van der Waals surface area contributed by atoms with Crippen LogP contribution in [0.15, 0.2) is 76.9 Å². The third-order valence-corrected chi connectivity index (χ3v) is 8.55. The van der Waals surface area contributed by atoms with E-state index in [-0.39, 0.29) is 5.92 Å². The van der Waals surface area contributed by atoms with Crippen molar-refractivity contribution < 1.29 is 10.1 Å². The number of H-pyrrole nitrogens is 1. The fourth-order valence-corrected chi connectivity index (χ4v) is 7.07. The smallest absolute Gasteiger partial charge is 0.123 e. The van der Waals surface area contributed by atoms with Crippen LogP contribution in [0.2, 0.25) is 0 Å². The second-order valence-electron chi connectivity index (χ2n) is 11.4. The van der Waals surface area contributed by atoms with Crippen molar-refractivity contribution in [2.45, 2.75) is 53.6 Å². The summed E-state index contributed by atoms with van der Waals surface area (Å²) in [7, 11) is 0. The molecule has 3 atom stereocenters. The first-order valence-corrected chi connectivity index (χ1v) is 13.9. The van der Waals surface area contributed by atoms with Gasteiger partial charge in [0.2, 0.25) is 0 Å². The van der Waals surface area contributed by atoms with Gasteiger partial charge in [-0.25, -0.2) is 4.89 Å². The topological polar surface area (TPSA) is 81.4 Å². The lowest BCUT2D eigenvalue weighted by atomic mass is 9.65. The van der Waals surface area contributed by atoms with E-state index in [9.17, 15) is 10.5 Å². The molecule has 3 aromatic rings. The van der Waals surface area contributed by atoms with Gasteiger partial charge in [-0.15, -0.1) is 0 Å². The molecule has 0 bridgehead atoms. The summed E-state index contributed by atoms with van der Waals surface area (Å²) >= 11 is 0. The molecule has 200 valence electrons. The molecule has 0 amide bonds. The first-order chi connectivity index (χ1) is 18.8. The average Bonchev–Trinajstić information content (AvgIpc) is 3.41. The Labute approximate surface area is 231 Å². The summed E-state index contributed by atoms with van der Waals surface area (Å²) < 4.78 is 0. The molecule has 2 heterocycles. The molecule has 3 unspecified atom stereocenters. The number of nitriles is 1. The second-order valence-corrected chi connectivity index (χ2v) is 11.4. The Morgan fingerprint density at radius 1 is 0.974 bits per heavy atom. The van der Waals surface area contributed by atoms with Gasteiger partial charge in [0, 0.05) is 33.8 Å². The van der Waals surface area contributed by atoms with Gasteiger partial charge >= 0.3 is 0 Å². The molecular formula is C34H37N3O2. The van der Waals surface area contributed by atoms with E-state index in [1.54, 1.807) is 0 Å². The number of aryl methyl sites for hydroxylation is 1. The van der Waals surface area contributed by atoms with E-state index in [1.807, 2.05) is 68.5 Å². The van der Waals surface area contributed by atoms with Gasteiger partial charge in [-0.2, -0.15) is 5.26 Å². The number of rotatable bonds is 6. The van der Waals surface area contributed by atoms with E-state index in [1.165, 1.54) is 0 Å². The van der Waals surface area contributed by atoms with Gasteiger partial charge < -0.3 is 4.98 Å². The normalized spacial score (nSPS) is 25.1. The third-order valence-electron chi connectivity index (χ3n) is 8.55. The minimum atomic E-state index is -0.485. The Morgan fingerprint density at radius 3 is 2.13 bits per heavy atom. The molecule has 2 aliphatic rings. The van der Waals surface area contributed by atoms with E-state index < -0.39 is 6.10 Å². The lowest BCUT2D eigenvalue weighted by Crippen LogP contribution is -2.40. The van der Waals surface area contributed by atoms with Crippen LogP contribution in [0.25, 0.3) is 22.8 Å². The van der Waals surface area contributed by atoms with Crippen LogP contribution in [-0.2, 0) is 4.89 Å². The number of aromatic nitrogens is 1. The molecule has 5 nitrogen and oxygen atoms in total. The number of aromatic amines is 1. The zero-order valence-corrected chi connectivity index (χ0v) is 23.4. The molecule has 0 radical (unpaired) electrons. The van der Waals surface area contributed by atoms with E-state index in [0.717, 1.165) is 63.5 Å². The van der Waals surface area contributed by atoms with Gasteiger partial charge in [0.1, 0.15) is 12.2 Å². The Morgan fingerprint density at radius 2 is 1.56 bits per heavy atom. The molecule has 2 N–H and O–H groups in total. The molecule has 39 heavy (non-hydrogen) atoms. The third kappa shape index (κ3) is 5.03. The minimum absolute atomic E-state index is 0.169. The van der Waals surface area contributed by atoms with E-state index >= 15 is 0 Å². The SMILES string of the molecule is CC1=NC(=Cc2[nH]c(C)c(C#N)c2-c2ccccc2)C(c2ccccc2)=C1C(OO)C1C(C)CC(C)CC1C. The Balaban J connectivity index is 1.71. The monoisotopic (exact) mass is 519 g/mol. The highest BCUT2D eigenvalue weighted by Gasteiger charge is 2.42. The van der Waals surface area contributed by atoms with Crippen molar-refractivity contribution in [3.05, 3.63) is 94.4 Å². The Bertz CT molecular complexity index is 1460. The number of allylic oxidation sites excluding steroid dienone is 1. The first kappa shape index (κ1) is 26.9. The van der Waals surface area contributed by atoms with E-state index in [4.69, 9.17) is 9.88 Å². The molecule has 5 rings (SSSR count). The molecule has 2 aromatic carbocycles. The van der Waals surface area contributed by atoms with Crippen molar-refractivity contribution >= 4 is 17.4 Å². The summed E-state index contributed by atoms with van der Waals surface area (Å²) in [5.41, 5.74) is 8.72. The molecule has 1 aliphatic heterocycles. The van der Waals surface area contributed by atoms with Crippen molar-refractivity contribution in [3.8, 4) is 17.2 Å². The predicted octanol–water partition coefficient (Wildman–Crippen LogP) is 8.31. The molecule has 0 spiro atoms. The molecular weight excluding hydrogens is 482 g/mol. The number of aliphatic imine (C=N–C) groups is 1. The van der Waals surface area contributed by atoms with Crippen LogP contribution in [0.4, 0.5) is 0 Å². The van der Waals surface area contributed by atoms with Crippen LogP contribution in [0.3, 0.4) is 0 Å². The van der Waals surface area contributed by atoms with Crippen molar-refractivity contribution in [2.24, 2.45) is 28.7 Å². The summed E-state index contributed by atoms with van der Waals surface area (Å²) in [6.45, 7) is 10.8. The zero-order valence-electron chi connectivity index (χ0n) is 23.4. The Kier molecular flexibility index (Phi) is 7.70. The van der Waals surface area contributed by atoms with Gasteiger partial charge in [-0.05, 0) is 67.6 Å². The van der Waals surface area contributed by atoms with Gasteiger partial charge in [-0.3, -0.25) is 10.2 Å². The second kappa shape index (κ2) is 11.2. The molecule has 1 saturated carbocycles. The zero-order chi connectivity index (χ0) is 27.7. The van der Waals surface area contributed by atoms with E-state index in [0.29, 0.717) is 23.3 Å². The molecule has 1 fully saturated rings. The van der Waals surface area contributed by atoms with Gasteiger partial charge in [0.25, 0.3) is 0 Å². The lowest BCUT2D eigenvalue weighted by Gasteiger charge is -2.41.